The summed E-state index contributed by atoms with van der Waals surface area (Å²) < 4.78 is 51.7. The number of para-hydroxylation sites is 1. The van der Waals surface area contributed by atoms with Crippen molar-refractivity contribution in [1.29, 1.82) is 0 Å². The first-order chi connectivity index (χ1) is 20.3. The lowest BCUT2D eigenvalue weighted by Crippen LogP contribution is -2.49. The third-order valence-electron chi connectivity index (χ3n) is 6.56. The molecule has 2 aliphatic heterocycles. The molecule has 4 heterocycles. The van der Waals surface area contributed by atoms with E-state index in [-0.39, 0.29) is 23.8 Å². The zero-order chi connectivity index (χ0) is 29.3. The minimum atomic E-state index is -4.61. The zero-order valence-electron chi connectivity index (χ0n) is 22.1. The van der Waals surface area contributed by atoms with Gasteiger partial charge in [0, 0.05) is 24.4 Å². The number of amides is 1. The number of aliphatic imine (C=N–C) groups is 1. The highest BCUT2D eigenvalue weighted by Gasteiger charge is 2.36. The molecule has 3 N–H and O–H groups in total. The van der Waals surface area contributed by atoms with Crippen molar-refractivity contribution in [3.8, 4) is 0 Å². The summed E-state index contributed by atoms with van der Waals surface area (Å²) in [6.45, 7) is 0.105. The van der Waals surface area contributed by atoms with E-state index in [2.05, 4.69) is 26.0 Å². The Hall–Kier alpha value is -5.17. The molecule has 6 rings (SSSR count). The molecule has 1 amide bonds. The lowest BCUT2D eigenvalue weighted by Gasteiger charge is -2.22. The number of alkyl halides is 3. The number of pyridine rings is 1. The molecule has 0 aliphatic carbocycles. The summed E-state index contributed by atoms with van der Waals surface area (Å²) in [6.07, 6.45) is -4.51. The molecule has 2 aromatic carbocycles. The molecule has 0 saturated heterocycles. The quantitative estimate of drug-likeness (QED) is 0.295. The Kier molecular flexibility index (Phi) is 7.08. The molecule has 0 radical (unpaired) electrons. The third-order valence-corrected chi connectivity index (χ3v) is 6.56. The number of benzodiazepines with no additional fused rings is 1. The van der Waals surface area contributed by atoms with Crippen molar-refractivity contribution in [2.45, 2.75) is 25.2 Å². The van der Waals surface area contributed by atoms with Crippen LogP contribution in [0.3, 0.4) is 0 Å². The predicted octanol–water partition coefficient (Wildman–Crippen LogP) is 4.62. The first-order valence-corrected chi connectivity index (χ1v) is 12.9. The molecular weight excluding hydrogens is 551 g/mol. The third kappa shape index (κ3) is 5.54. The van der Waals surface area contributed by atoms with Crippen LogP contribution in [0.1, 0.15) is 28.1 Å². The van der Waals surface area contributed by atoms with Gasteiger partial charge < -0.3 is 19.8 Å². The van der Waals surface area contributed by atoms with Crippen molar-refractivity contribution in [2.24, 2.45) is 10.1 Å². The summed E-state index contributed by atoms with van der Waals surface area (Å²) in [5.74, 6) is 0.0410. The lowest BCUT2D eigenvalue weighted by molar-refractivity contribution is -0.137. The largest absolute Gasteiger partial charge is 0.467 e. The molecule has 1 unspecified atom stereocenters. The average molecular weight is 576 g/mol. The van der Waals surface area contributed by atoms with Crippen molar-refractivity contribution in [1.82, 2.24) is 15.3 Å². The maximum atomic E-state index is 13.5. The van der Waals surface area contributed by atoms with E-state index >= 15 is 0 Å². The number of nitrogens with one attached hydrogen (secondary N) is 3. The van der Waals surface area contributed by atoms with Crippen molar-refractivity contribution >= 4 is 28.9 Å². The van der Waals surface area contributed by atoms with Gasteiger partial charge >= 0.3 is 6.18 Å². The van der Waals surface area contributed by atoms with E-state index in [1.54, 1.807) is 25.2 Å². The lowest BCUT2D eigenvalue weighted by atomic mass is 10.0. The second-order valence-electron chi connectivity index (χ2n) is 9.45. The number of carbonyl (C=O) groups is 1. The van der Waals surface area contributed by atoms with Crippen molar-refractivity contribution in [3.63, 3.8) is 0 Å². The molecule has 2 atom stereocenters. The summed E-state index contributed by atoms with van der Waals surface area (Å²) >= 11 is 0. The maximum absolute atomic E-state index is 13.5. The van der Waals surface area contributed by atoms with E-state index in [9.17, 15) is 18.0 Å². The number of ether oxygens (including phenoxy) is 1. The van der Waals surface area contributed by atoms with Crippen LogP contribution < -0.4 is 16.0 Å². The topological polar surface area (TPSA) is 116 Å². The standard InChI is InChI=1S/C29H24F3N7O3/c1-39-28(37-25-26(40)35-21-12-6-5-11-20(21)23(36-25)17-8-3-2-4-9-17)42-27(38-39)24-22(33-16-19-10-7-13-41-19)14-18(15-34-24)29(30,31)32/h2-15,25,28,33,37H,16H2,1H3,(H,35,40)/t25-,28?/m1/s1. The number of aromatic nitrogens is 1. The van der Waals surface area contributed by atoms with Gasteiger partial charge in [0.15, 0.2) is 6.17 Å². The van der Waals surface area contributed by atoms with Gasteiger partial charge in [-0.2, -0.15) is 13.2 Å². The van der Waals surface area contributed by atoms with Crippen LogP contribution in [-0.4, -0.2) is 47.1 Å². The SMILES string of the molecule is CN1N=C(c2ncc(C(F)(F)F)cc2NCc2ccco2)OC1N[C@H]1N=C(c2ccccc2)c2ccccc2NC1=O. The Labute approximate surface area is 237 Å². The minimum Gasteiger partial charge on any atom is -0.467 e. The van der Waals surface area contributed by atoms with Crippen LogP contribution >= 0.6 is 0 Å². The second kappa shape index (κ2) is 11.0. The molecule has 13 heteroatoms. The molecule has 214 valence electrons. The van der Waals surface area contributed by atoms with Gasteiger partial charge in [-0.15, -0.1) is 5.10 Å². The van der Waals surface area contributed by atoms with Crippen LogP contribution in [0.4, 0.5) is 24.5 Å². The number of hydrazone groups is 1. The number of halogens is 3. The summed E-state index contributed by atoms with van der Waals surface area (Å²) in [5.41, 5.74) is 1.92. The number of carbonyl (C=O) groups excluding carboxylic acids is 1. The zero-order valence-corrected chi connectivity index (χ0v) is 22.1. The number of nitrogens with zero attached hydrogens (tertiary/aromatic N) is 4. The summed E-state index contributed by atoms with van der Waals surface area (Å²) in [6, 6.07) is 21.1. The van der Waals surface area contributed by atoms with Crippen LogP contribution in [0.25, 0.3) is 0 Å². The highest BCUT2D eigenvalue weighted by Crippen LogP contribution is 2.32. The second-order valence-corrected chi connectivity index (χ2v) is 9.45. The number of rotatable bonds is 7. The van der Waals surface area contributed by atoms with E-state index in [0.717, 1.165) is 17.2 Å². The first-order valence-electron chi connectivity index (χ1n) is 12.9. The minimum absolute atomic E-state index is 0.0427. The van der Waals surface area contributed by atoms with Gasteiger partial charge in [0.1, 0.15) is 11.5 Å². The predicted molar refractivity (Wildman–Crippen MR) is 149 cm³/mol. The smallest absolute Gasteiger partial charge is 0.417 e. The Morgan fingerprint density at radius 1 is 1.05 bits per heavy atom. The van der Waals surface area contributed by atoms with Gasteiger partial charge in [0.25, 0.3) is 11.8 Å². The van der Waals surface area contributed by atoms with E-state index in [1.165, 1.54) is 11.3 Å². The highest BCUT2D eigenvalue weighted by atomic mass is 19.4. The fourth-order valence-electron chi connectivity index (χ4n) is 4.50. The maximum Gasteiger partial charge on any atom is 0.417 e. The molecule has 0 bridgehead atoms. The fourth-order valence-corrected chi connectivity index (χ4v) is 4.50. The van der Waals surface area contributed by atoms with Crippen LogP contribution in [0.5, 0.6) is 0 Å². The van der Waals surface area contributed by atoms with E-state index in [1.807, 2.05) is 48.5 Å². The number of furan rings is 1. The van der Waals surface area contributed by atoms with Gasteiger partial charge in [-0.3, -0.25) is 9.79 Å². The Balaban J connectivity index is 1.27. The molecule has 42 heavy (non-hydrogen) atoms. The molecule has 0 saturated carbocycles. The van der Waals surface area contributed by atoms with Crippen LogP contribution in [0.15, 0.2) is 99.8 Å². The normalized spacial score (nSPS) is 18.4. The molecule has 10 nitrogen and oxygen atoms in total. The molecular formula is C29H24F3N7O3. The number of fused-ring (bicyclic) bond motifs is 1. The van der Waals surface area contributed by atoms with E-state index in [0.29, 0.717) is 23.4 Å². The van der Waals surface area contributed by atoms with Crippen molar-refractivity contribution in [3.05, 3.63) is 113 Å². The Bertz CT molecular complexity index is 1660. The monoisotopic (exact) mass is 575 g/mol. The summed E-state index contributed by atoms with van der Waals surface area (Å²) in [5, 5.41) is 14.6. The Morgan fingerprint density at radius 2 is 1.83 bits per heavy atom. The van der Waals surface area contributed by atoms with Gasteiger partial charge in [-0.25, -0.2) is 15.3 Å². The number of hydrogen-bond acceptors (Lipinski definition) is 9. The van der Waals surface area contributed by atoms with E-state index in [4.69, 9.17) is 14.1 Å². The van der Waals surface area contributed by atoms with Crippen molar-refractivity contribution in [2.75, 3.05) is 17.7 Å². The fraction of sp³-hybridized carbons (Fsp3) is 0.172. The number of benzene rings is 2. The van der Waals surface area contributed by atoms with E-state index < -0.39 is 30.2 Å². The highest BCUT2D eigenvalue weighted by molar-refractivity contribution is 6.19. The molecule has 0 spiro atoms. The number of anilines is 2. The average Bonchev–Trinajstić information content (AvgIpc) is 3.61. The Morgan fingerprint density at radius 3 is 2.60 bits per heavy atom. The summed E-state index contributed by atoms with van der Waals surface area (Å²) in [7, 11) is 1.59. The van der Waals surface area contributed by atoms with Gasteiger partial charge in [-0.05, 0) is 24.3 Å². The first kappa shape index (κ1) is 27.0. The molecule has 2 aliphatic rings. The van der Waals surface area contributed by atoms with Crippen molar-refractivity contribution < 1.29 is 27.1 Å². The van der Waals surface area contributed by atoms with Crippen LogP contribution in [0.2, 0.25) is 0 Å². The van der Waals surface area contributed by atoms with Gasteiger partial charge in [0.2, 0.25) is 6.35 Å². The summed E-state index contributed by atoms with van der Waals surface area (Å²) in [4.78, 5) is 22.0. The van der Waals surface area contributed by atoms with Gasteiger partial charge in [-0.1, -0.05) is 48.5 Å². The van der Waals surface area contributed by atoms with Gasteiger partial charge in [0.05, 0.1) is 35.5 Å². The van der Waals surface area contributed by atoms with Crippen LogP contribution in [0, 0.1) is 0 Å². The van der Waals surface area contributed by atoms with Crippen LogP contribution in [-0.2, 0) is 22.3 Å². The molecule has 0 fully saturated rings. The molecule has 2 aromatic heterocycles. The number of hydrogen-bond donors (Lipinski definition) is 3. The molecule has 4 aromatic rings.